The van der Waals surface area contributed by atoms with E-state index < -0.39 is 20.0 Å². The third kappa shape index (κ3) is 47.5. The van der Waals surface area contributed by atoms with Gasteiger partial charge in [0.25, 0.3) is 0 Å². The molecule has 3 N–H and O–H groups in total. The minimum Gasteiger partial charge on any atom is -0.387 e. The molecule has 0 heterocycles. The van der Waals surface area contributed by atoms with Gasteiger partial charge in [0.15, 0.2) is 0 Å². The van der Waals surface area contributed by atoms with Gasteiger partial charge in [-0.25, -0.2) is 4.57 Å². The van der Waals surface area contributed by atoms with E-state index in [0.717, 1.165) is 77.0 Å². The number of rotatable bonds is 45. The summed E-state index contributed by atoms with van der Waals surface area (Å²) in [5.74, 6) is -0.195. The lowest BCUT2D eigenvalue weighted by Crippen LogP contribution is -2.45. The number of aliphatic hydroxyl groups excluding tert-OH is 1. The number of likely N-dealkylation sites (N-methyl/N-ethyl adjacent to an activating group) is 1. The second-order valence-electron chi connectivity index (χ2n) is 18.1. The van der Waals surface area contributed by atoms with E-state index in [4.69, 9.17) is 9.05 Å². The number of carbonyl (C=O) groups is 1. The standard InChI is InChI=1S/C54H97N2O6P/c1-6-8-10-12-14-16-18-19-20-21-22-23-24-25-26-27-28-29-30-31-32-33-34-35-36-37-38-40-42-44-46-48-54(58)55-52(51-62-63(59,60)61-50-49-56(3,4)5)53(57)47-45-43-41-39-17-15-13-11-9-7-2/h8-11,14,16-17,19-20,22-23,39,45,47,52-53,57H,6-7,12-13,15,18,21,24-38,40-44,46,48-51H2,1-5H3,(H-,55,58,59,60)/p+1/b10-8-,11-9+,16-14-,20-19-,23-22-,39-17+,47-45+. The van der Waals surface area contributed by atoms with E-state index in [1.807, 2.05) is 27.2 Å². The van der Waals surface area contributed by atoms with Crippen molar-refractivity contribution in [2.45, 2.75) is 212 Å². The fraction of sp³-hybridized carbons (Fsp3) is 0.722. The number of nitrogens with zero attached hydrogens (tertiary/aromatic N) is 1. The maximum Gasteiger partial charge on any atom is 0.472 e. The Balaban J connectivity index is 4.05. The summed E-state index contributed by atoms with van der Waals surface area (Å²) in [7, 11) is 1.54. The number of carbonyl (C=O) groups excluding carboxylic acids is 1. The van der Waals surface area contributed by atoms with Gasteiger partial charge in [-0.3, -0.25) is 13.8 Å². The smallest absolute Gasteiger partial charge is 0.387 e. The third-order valence-electron chi connectivity index (χ3n) is 10.8. The highest BCUT2D eigenvalue weighted by atomic mass is 31.2. The highest BCUT2D eigenvalue weighted by molar-refractivity contribution is 7.47. The molecule has 0 spiro atoms. The van der Waals surface area contributed by atoms with E-state index in [0.29, 0.717) is 17.4 Å². The van der Waals surface area contributed by atoms with Gasteiger partial charge in [0.2, 0.25) is 5.91 Å². The van der Waals surface area contributed by atoms with E-state index in [1.165, 1.54) is 103 Å². The molecule has 0 bridgehead atoms. The van der Waals surface area contributed by atoms with Crippen LogP contribution in [0.2, 0.25) is 0 Å². The Bertz CT molecular complexity index is 1300. The van der Waals surface area contributed by atoms with E-state index >= 15 is 0 Å². The Labute approximate surface area is 388 Å². The van der Waals surface area contributed by atoms with Gasteiger partial charge in [-0.1, -0.05) is 202 Å². The van der Waals surface area contributed by atoms with Crippen molar-refractivity contribution >= 4 is 13.7 Å². The number of hydrogen-bond donors (Lipinski definition) is 3. The molecular weight excluding hydrogens is 804 g/mol. The van der Waals surface area contributed by atoms with Crippen LogP contribution in [0, 0.1) is 0 Å². The van der Waals surface area contributed by atoms with Crippen molar-refractivity contribution in [3.05, 3.63) is 85.1 Å². The molecule has 0 saturated carbocycles. The molecule has 364 valence electrons. The first-order valence-corrected chi connectivity index (χ1v) is 27.0. The zero-order valence-corrected chi connectivity index (χ0v) is 42.2. The molecule has 9 heteroatoms. The Morgan fingerprint density at radius 1 is 0.540 bits per heavy atom. The van der Waals surface area contributed by atoms with Crippen molar-refractivity contribution in [2.75, 3.05) is 40.9 Å². The molecule has 8 nitrogen and oxygen atoms in total. The number of unbranched alkanes of at least 4 members (excludes halogenated alkanes) is 20. The molecule has 3 atom stereocenters. The van der Waals surface area contributed by atoms with Crippen LogP contribution in [0.1, 0.15) is 200 Å². The SMILES string of the molecule is CC/C=C\C/C=C\C/C=C\C/C=C\CCCCCCCCCCCCCCCCCCCCC(=O)NC(COP(=O)(O)OCC[N+](C)(C)C)C(O)/C=C/CC/C=C/CC/C=C/CC. The van der Waals surface area contributed by atoms with E-state index in [1.54, 1.807) is 6.08 Å². The normalized spacial score (nSPS) is 14.8. The van der Waals surface area contributed by atoms with Crippen molar-refractivity contribution in [3.63, 3.8) is 0 Å². The number of amides is 1. The Kier molecular flexibility index (Phi) is 43.2. The van der Waals surface area contributed by atoms with Crippen molar-refractivity contribution in [2.24, 2.45) is 0 Å². The van der Waals surface area contributed by atoms with Gasteiger partial charge in [0, 0.05) is 6.42 Å². The fourth-order valence-electron chi connectivity index (χ4n) is 6.90. The van der Waals surface area contributed by atoms with Crippen LogP contribution in [0.25, 0.3) is 0 Å². The molecule has 0 aliphatic carbocycles. The van der Waals surface area contributed by atoms with E-state index in [9.17, 15) is 19.4 Å². The minimum atomic E-state index is -4.35. The van der Waals surface area contributed by atoms with Crippen molar-refractivity contribution in [1.29, 1.82) is 0 Å². The fourth-order valence-corrected chi connectivity index (χ4v) is 7.63. The zero-order chi connectivity index (χ0) is 46.4. The van der Waals surface area contributed by atoms with Gasteiger partial charge in [-0.2, -0.15) is 0 Å². The summed E-state index contributed by atoms with van der Waals surface area (Å²) in [6.45, 7) is 4.54. The molecule has 0 saturated heterocycles. The first-order valence-electron chi connectivity index (χ1n) is 25.5. The van der Waals surface area contributed by atoms with Crippen LogP contribution < -0.4 is 5.32 Å². The molecule has 1 amide bonds. The number of aliphatic hydroxyl groups is 1. The van der Waals surface area contributed by atoms with E-state index in [2.05, 4.69) is 92.1 Å². The van der Waals surface area contributed by atoms with Crippen molar-refractivity contribution in [3.8, 4) is 0 Å². The third-order valence-corrected chi connectivity index (χ3v) is 11.8. The van der Waals surface area contributed by atoms with Crippen LogP contribution >= 0.6 is 7.82 Å². The highest BCUT2D eigenvalue weighted by Crippen LogP contribution is 2.43. The summed E-state index contributed by atoms with van der Waals surface area (Å²) in [5.41, 5.74) is 0. The van der Waals surface area contributed by atoms with Crippen molar-refractivity contribution < 1.29 is 32.9 Å². The average molecular weight is 902 g/mol. The molecule has 0 aromatic carbocycles. The number of phosphoric acid groups is 1. The van der Waals surface area contributed by atoms with Gasteiger partial charge >= 0.3 is 7.82 Å². The Hall–Kier alpha value is -2.32. The molecule has 0 aliphatic heterocycles. The van der Waals surface area contributed by atoms with Crippen LogP contribution in [-0.2, 0) is 18.4 Å². The second kappa shape index (κ2) is 44.9. The van der Waals surface area contributed by atoms with Crippen molar-refractivity contribution in [1.82, 2.24) is 5.32 Å². The number of nitrogens with one attached hydrogen (secondary N) is 1. The maximum absolute atomic E-state index is 12.9. The van der Waals surface area contributed by atoms with Gasteiger partial charge in [0.05, 0.1) is 39.9 Å². The van der Waals surface area contributed by atoms with Crippen LogP contribution in [0.3, 0.4) is 0 Å². The first kappa shape index (κ1) is 60.7. The molecular formula is C54H98N2O6P+. The molecule has 0 aromatic heterocycles. The molecule has 0 radical (unpaired) electrons. The lowest BCUT2D eigenvalue weighted by Gasteiger charge is -2.25. The number of allylic oxidation sites excluding steroid dienone is 13. The summed E-state index contributed by atoms with van der Waals surface area (Å²) in [5, 5.41) is 13.8. The summed E-state index contributed by atoms with van der Waals surface area (Å²) >= 11 is 0. The summed E-state index contributed by atoms with van der Waals surface area (Å²) in [6.07, 6.45) is 62.7. The number of hydrogen-bond acceptors (Lipinski definition) is 5. The monoisotopic (exact) mass is 902 g/mol. The van der Waals surface area contributed by atoms with Crippen LogP contribution in [0.15, 0.2) is 85.1 Å². The predicted octanol–water partition coefficient (Wildman–Crippen LogP) is 14.9. The number of phosphoric ester groups is 1. The lowest BCUT2D eigenvalue weighted by molar-refractivity contribution is -0.870. The number of quaternary nitrogens is 1. The van der Waals surface area contributed by atoms with Gasteiger partial charge < -0.3 is 19.8 Å². The molecule has 0 aromatic rings. The topological polar surface area (TPSA) is 105 Å². The van der Waals surface area contributed by atoms with Crippen LogP contribution in [-0.4, -0.2) is 73.4 Å². The summed E-state index contributed by atoms with van der Waals surface area (Å²) in [6, 6.07) is -0.870. The average Bonchev–Trinajstić information content (AvgIpc) is 3.24. The molecule has 0 rings (SSSR count). The van der Waals surface area contributed by atoms with Gasteiger partial charge in [-0.15, -0.1) is 0 Å². The lowest BCUT2D eigenvalue weighted by atomic mass is 10.0. The van der Waals surface area contributed by atoms with Gasteiger partial charge in [-0.05, 0) is 77.0 Å². The molecule has 0 aliphatic rings. The minimum absolute atomic E-state index is 0.0509. The molecule has 0 fully saturated rings. The first-order chi connectivity index (χ1) is 30.5. The Morgan fingerprint density at radius 3 is 1.40 bits per heavy atom. The van der Waals surface area contributed by atoms with E-state index in [-0.39, 0.29) is 19.1 Å². The van der Waals surface area contributed by atoms with Crippen LogP contribution in [0.5, 0.6) is 0 Å². The Morgan fingerprint density at radius 2 is 0.921 bits per heavy atom. The second-order valence-corrected chi connectivity index (χ2v) is 19.6. The van der Waals surface area contributed by atoms with Crippen LogP contribution in [0.4, 0.5) is 0 Å². The predicted molar refractivity (Wildman–Crippen MR) is 272 cm³/mol. The quantitative estimate of drug-likeness (QED) is 0.0243. The largest absolute Gasteiger partial charge is 0.472 e. The molecule has 63 heavy (non-hydrogen) atoms. The maximum atomic E-state index is 12.9. The zero-order valence-electron chi connectivity index (χ0n) is 41.3. The summed E-state index contributed by atoms with van der Waals surface area (Å²) in [4.78, 5) is 23.1. The van der Waals surface area contributed by atoms with Gasteiger partial charge in [0.1, 0.15) is 13.2 Å². The highest BCUT2D eigenvalue weighted by Gasteiger charge is 2.27. The molecule has 3 unspecified atom stereocenters. The summed E-state index contributed by atoms with van der Waals surface area (Å²) < 4.78 is 23.5.